The highest BCUT2D eigenvalue weighted by Gasteiger charge is 2.32. The average Bonchev–Trinajstić information content (AvgIpc) is 3.21. The predicted octanol–water partition coefficient (Wildman–Crippen LogP) is 4.24. The number of rotatable bonds is 6. The molecule has 1 aliphatic rings. The standard InChI is InChI=1S/C25H29N3O3/c1-17-21(18(2)28(26-17)20-11-7-6-8-12-20)15-27(5)23(29)16-30-22-13-9-10-19-14-25(3,4)31-24(19)22/h6-13H,14-16H2,1-5H3. The molecular weight excluding hydrogens is 390 g/mol. The fourth-order valence-electron chi connectivity index (χ4n) is 4.00. The van der Waals surface area contributed by atoms with Crippen molar-refractivity contribution < 1.29 is 14.3 Å². The molecule has 0 saturated heterocycles. The molecule has 2 heterocycles. The highest BCUT2D eigenvalue weighted by atomic mass is 16.5. The van der Waals surface area contributed by atoms with Gasteiger partial charge in [0.15, 0.2) is 18.1 Å². The van der Waals surface area contributed by atoms with E-state index in [1.165, 1.54) is 0 Å². The summed E-state index contributed by atoms with van der Waals surface area (Å²) in [5, 5.41) is 4.67. The third-order valence-corrected chi connectivity index (χ3v) is 5.67. The van der Waals surface area contributed by atoms with E-state index in [1.54, 1.807) is 11.9 Å². The molecule has 3 aromatic rings. The Morgan fingerprint density at radius 1 is 1.16 bits per heavy atom. The van der Waals surface area contributed by atoms with Crippen molar-refractivity contribution in [3.05, 3.63) is 71.0 Å². The molecule has 1 amide bonds. The molecule has 0 saturated carbocycles. The zero-order valence-corrected chi connectivity index (χ0v) is 18.8. The Morgan fingerprint density at radius 2 is 1.90 bits per heavy atom. The van der Waals surface area contributed by atoms with Crippen molar-refractivity contribution in [3.8, 4) is 17.2 Å². The highest BCUT2D eigenvalue weighted by Crippen LogP contribution is 2.41. The number of amides is 1. The van der Waals surface area contributed by atoms with Crippen LogP contribution in [-0.2, 0) is 17.8 Å². The molecular formula is C25H29N3O3. The van der Waals surface area contributed by atoms with E-state index in [-0.39, 0.29) is 18.1 Å². The van der Waals surface area contributed by atoms with Crippen LogP contribution in [0.5, 0.6) is 11.5 Å². The summed E-state index contributed by atoms with van der Waals surface area (Å²) in [5.41, 5.74) is 4.86. The number of likely N-dealkylation sites (N-methyl/N-ethyl adjacent to an activating group) is 1. The van der Waals surface area contributed by atoms with E-state index >= 15 is 0 Å². The number of ether oxygens (including phenoxy) is 2. The van der Waals surface area contributed by atoms with Gasteiger partial charge in [-0.25, -0.2) is 4.68 Å². The van der Waals surface area contributed by atoms with Crippen LogP contribution in [-0.4, -0.2) is 39.8 Å². The molecule has 0 unspecified atom stereocenters. The molecule has 2 aromatic carbocycles. The number of hydrogen-bond donors (Lipinski definition) is 0. The van der Waals surface area contributed by atoms with Gasteiger partial charge in [0.2, 0.25) is 0 Å². The number of aromatic nitrogens is 2. The van der Waals surface area contributed by atoms with Crippen molar-refractivity contribution >= 4 is 5.91 Å². The Morgan fingerprint density at radius 3 is 2.65 bits per heavy atom. The van der Waals surface area contributed by atoms with E-state index in [9.17, 15) is 4.79 Å². The van der Waals surface area contributed by atoms with Crippen LogP contribution < -0.4 is 9.47 Å². The lowest BCUT2D eigenvalue weighted by Crippen LogP contribution is -2.31. The topological polar surface area (TPSA) is 56.6 Å². The van der Waals surface area contributed by atoms with Gasteiger partial charge >= 0.3 is 0 Å². The van der Waals surface area contributed by atoms with Crippen LogP contribution in [0.15, 0.2) is 48.5 Å². The van der Waals surface area contributed by atoms with Gasteiger partial charge in [-0.05, 0) is 45.9 Å². The van der Waals surface area contributed by atoms with Crippen LogP contribution in [0, 0.1) is 13.8 Å². The molecule has 4 rings (SSSR count). The van der Waals surface area contributed by atoms with Gasteiger partial charge in [0, 0.05) is 36.8 Å². The third kappa shape index (κ3) is 4.29. The molecule has 162 valence electrons. The van der Waals surface area contributed by atoms with Gasteiger partial charge in [-0.2, -0.15) is 5.10 Å². The number of hydrogen-bond acceptors (Lipinski definition) is 4. The second-order valence-electron chi connectivity index (χ2n) is 8.72. The summed E-state index contributed by atoms with van der Waals surface area (Å²) in [6.45, 7) is 8.54. The Kier molecular flexibility index (Phi) is 5.48. The molecule has 0 radical (unpaired) electrons. The van der Waals surface area contributed by atoms with Gasteiger partial charge in [-0.1, -0.05) is 30.3 Å². The Labute approximate surface area is 183 Å². The number of para-hydroxylation sites is 2. The van der Waals surface area contributed by atoms with Crippen molar-refractivity contribution in [2.75, 3.05) is 13.7 Å². The minimum absolute atomic E-state index is 0.0400. The first-order valence-corrected chi connectivity index (χ1v) is 10.5. The molecule has 0 aliphatic carbocycles. The fourth-order valence-corrected chi connectivity index (χ4v) is 4.00. The lowest BCUT2D eigenvalue weighted by Gasteiger charge is -2.20. The van der Waals surface area contributed by atoms with Gasteiger partial charge in [0.1, 0.15) is 5.60 Å². The normalized spacial score (nSPS) is 14.1. The predicted molar refractivity (Wildman–Crippen MR) is 120 cm³/mol. The monoisotopic (exact) mass is 419 g/mol. The largest absolute Gasteiger partial charge is 0.483 e. The first kappa shape index (κ1) is 21.0. The number of nitrogens with zero attached hydrogens (tertiary/aromatic N) is 3. The first-order chi connectivity index (χ1) is 14.7. The van der Waals surface area contributed by atoms with Gasteiger partial charge < -0.3 is 14.4 Å². The van der Waals surface area contributed by atoms with E-state index in [4.69, 9.17) is 9.47 Å². The minimum atomic E-state index is -0.253. The lowest BCUT2D eigenvalue weighted by molar-refractivity contribution is -0.132. The average molecular weight is 420 g/mol. The van der Waals surface area contributed by atoms with Crippen LogP contribution in [0.25, 0.3) is 5.69 Å². The summed E-state index contributed by atoms with van der Waals surface area (Å²) in [7, 11) is 1.79. The van der Waals surface area contributed by atoms with Crippen LogP contribution in [0.2, 0.25) is 0 Å². The van der Waals surface area contributed by atoms with Crippen molar-refractivity contribution in [3.63, 3.8) is 0 Å². The molecule has 0 spiro atoms. The number of benzene rings is 2. The van der Waals surface area contributed by atoms with Gasteiger partial charge in [0.05, 0.1) is 11.4 Å². The minimum Gasteiger partial charge on any atom is -0.483 e. The maximum absolute atomic E-state index is 12.8. The number of carbonyl (C=O) groups is 1. The lowest BCUT2D eigenvalue weighted by atomic mass is 10.0. The molecule has 0 bridgehead atoms. The zero-order chi connectivity index (χ0) is 22.2. The Bertz CT molecular complexity index is 1100. The molecule has 6 heteroatoms. The smallest absolute Gasteiger partial charge is 0.260 e. The molecule has 1 aromatic heterocycles. The summed E-state index contributed by atoms with van der Waals surface area (Å²) in [4.78, 5) is 14.5. The van der Waals surface area contributed by atoms with E-state index in [1.807, 2.05) is 67.1 Å². The molecule has 1 aliphatic heterocycles. The highest BCUT2D eigenvalue weighted by molar-refractivity contribution is 5.77. The van der Waals surface area contributed by atoms with Crippen molar-refractivity contribution in [2.45, 2.75) is 46.3 Å². The second kappa shape index (κ2) is 8.10. The second-order valence-corrected chi connectivity index (χ2v) is 8.72. The molecule has 0 N–H and O–H groups in total. The number of fused-ring (bicyclic) bond motifs is 1. The molecule has 6 nitrogen and oxygen atoms in total. The summed E-state index contributed by atoms with van der Waals surface area (Å²) in [5.74, 6) is 1.27. The summed E-state index contributed by atoms with van der Waals surface area (Å²) < 4.78 is 13.8. The van der Waals surface area contributed by atoms with Crippen LogP contribution in [0.1, 0.15) is 36.4 Å². The molecule has 0 atom stereocenters. The summed E-state index contributed by atoms with van der Waals surface area (Å²) in [6.07, 6.45) is 0.831. The van der Waals surface area contributed by atoms with Crippen molar-refractivity contribution in [1.82, 2.24) is 14.7 Å². The van der Waals surface area contributed by atoms with Crippen LogP contribution >= 0.6 is 0 Å². The van der Waals surface area contributed by atoms with Crippen LogP contribution in [0.3, 0.4) is 0 Å². The van der Waals surface area contributed by atoms with E-state index in [2.05, 4.69) is 18.9 Å². The van der Waals surface area contributed by atoms with E-state index in [0.29, 0.717) is 12.3 Å². The summed E-state index contributed by atoms with van der Waals surface area (Å²) >= 11 is 0. The zero-order valence-electron chi connectivity index (χ0n) is 18.8. The van der Waals surface area contributed by atoms with Crippen molar-refractivity contribution in [2.24, 2.45) is 0 Å². The van der Waals surface area contributed by atoms with Crippen molar-refractivity contribution in [1.29, 1.82) is 0 Å². The number of aryl methyl sites for hydroxylation is 1. The van der Waals surface area contributed by atoms with Gasteiger partial charge in [0.25, 0.3) is 5.91 Å². The number of carbonyl (C=O) groups excluding carboxylic acids is 1. The van der Waals surface area contributed by atoms with E-state index in [0.717, 1.165) is 40.4 Å². The Hall–Kier alpha value is -3.28. The van der Waals surface area contributed by atoms with Gasteiger partial charge in [-0.15, -0.1) is 0 Å². The molecule has 0 fully saturated rings. The van der Waals surface area contributed by atoms with Gasteiger partial charge in [-0.3, -0.25) is 4.79 Å². The maximum atomic E-state index is 12.8. The summed E-state index contributed by atoms with van der Waals surface area (Å²) in [6, 6.07) is 15.8. The SMILES string of the molecule is Cc1nn(-c2ccccc2)c(C)c1CN(C)C(=O)COc1cccc2c1OC(C)(C)C2. The van der Waals surface area contributed by atoms with Crippen LogP contribution in [0.4, 0.5) is 0 Å². The quantitative estimate of drug-likeness (QED) is 0.600. The fraction of sp³-hybridized carbons (Fsp3) is 0.360. The molecule has 31 heavy (non-hydrogen) atoms. The Balaban J connectivity index is 1.43. The maximum Gasteiger partial charge on any atom is 0.260 e. The third-order valence-electron chi connectivity index (χ3n) is 5.67. The van der Waals surface area contributed by atoms with E-state index < -0.39 is 0 Å². The first-order valence-electron chi connectivity index (χ1n) is 10.5.